The molecular formula is C19H26O3S. The topological polar surface area (TPSA) is 43.4 Å². The first-order valence-electron chi connectivity index (χ1n) is 8.10. The lowest BCUT2D eigenvalue weighted by Gasteiger charge is -2.49. The number of ketones is 1. The van der Waals surface area contributed by atoms with E-state index in [0.717, 1.165) is 24.8 Å². The maximum Gasteiger partial charge on any atom is 0.331 e. The van der Waals surface area contributed by atoms with Gasteiger partial charge in [-0.3, -0.25) is 4.79 Å². The highest BCUT2D eigenvalue weighted by atomic mass is 32.2. The van der Waals surface area contributed by atoms with Gasteiger partial charge in [-0.05, 0) is 49.3 Å². The first kappa shape index (κ1) is 18.1. The summed E-state index contributed by atoms with van der Waals surface area (Å²) >= 11 is 1.48. The zero-order valence-electron chi connectivity index (χ0n) is 14.4. The molecule has 23 heavy (non-hydrogen) atoms. The van der Waals surface area contributed by atoms with Gasteiger partial charge in [-0.2, -0.15) is 0 Å². The molecule has 0 amide bonds. The summed E-state index contributed by atoms with van der Waals surface area (Å²) in [7, 11) is 0. The lowest BCUT2D eigenvalue weighted by Crippen LogP contribution is -2.46. The van der Waals surface area contributed by atoms with Gasteiger partial charge in [0.15, 0.2) is 5.78 Å². The van der Waals surface area contributed by atoms with Crippen molar-refractivity contribution in [2.24, 2.45) is 17.3 Å². The lowest BCUT2D eigenvalue weighted by molar-refractivity contribution is -0.150. The third-order valence-electron chi connectivity index (χ3n) is 5.49. The van der Waals surface area contributed by atoms with Crippen LogP contribution in [-0.4, -0.2) is 24.1 Å². The summed E-state index contributed by atoms with van der Waals surface area (Å²) in [5, 5.41) is 1.74. The fourth-order valence-electron chi connectivity index (χ4n) is 3.78. The smallest absolute Gasteiger partial charge is 0.331 e. The summed E-state index contributed by atoms with van der Waals surface area (Å²) in [5.41, 5.74) is 2.02. The van der Waals surface area contributed by atoms with Crippen LogP contribution < -0.4 is 0 Å². The van der Waals surface area contributed by atoms with E-state index in [9.17, 15) is 9.59 Å². The summed E-state index contributed by atoms with van der Waals surface area (Å²) in [4.78, 5) is 24.2. The molecule has 0 spiro atoms. The molecule has 0 N–H and O–H groups in total. The van der Waals surface area contributed by atoms with Crippen LogP contribution in [0.4, 0.5) is 0 Å². The molecule has 2 aliphatic rings. The van der Waals surface area contributed by atoms with Gasteiger partial charge in [0.1, 0.15) is 6.10 Å². The van der Waals surface area contributed by atoms with Gasteiger partial charge < -0.3 is 4.74 Å². The Morgan fingerprint density at radius 3 is 2.83 bits per heavy atom. The van der Waals surface area contributed by atoms with E-state index >= 15 is 0 Å². The zero-order chi connectivity index (χ0) is 17.2. The van der Waals surface area contributed by atoms with Gasteiger partial charge in [0.05, 0.1) is 0 Å². The van der Waals surface area contributed by atoms with Crippen molar-refractivity contribution in [2.75, 3.05) is 6.26 Å². The van der Waals surface area contributed by atoms with Crippen molar-refractivity contribution >= 4 is 23.5 Å². The van der Waals surface area contributed by atoms with Crippen LogP contribution >= 0.6 is 11.8 Å². The average molecular weight is 334 g/mol. The molecule has 0 radical (unpaired) electrons. The Bertz CT molecular complexity index is 575. The minimum Gasteiger partial charge on any atom is -0.459 e. The molecule has 0 aromatic carbocycles. The molecule has 1 saturated carbocycles. The third kappa shape index (κ3) is 3.63. The molecular weight excluding hydrogens is 308 g/mol. The number of hydrogen-bond donors (Lipinski definition) is 0. The van der Waals surface area contributed by atoms with Crippen LogP contribution in [0.1, 0.15) is 40.0 Å². The monoisotopic (exact) mass is 334 g/mol. The zero-order valence-corrected chi connectivity index (χ0v) is 15.2. The maximum absolute atomic E-state index is 12.3. The highest BCUT2D eigenvalue weighted by Crippen LogP contribution is 2.52. The predicted molar refractivity (Wildman–Crippen MR) is 95.1 cm³/mol. The van der Waals surface area contributed by atoms with Crippen LogP contribution in [0, 0.1) is 17.3 Å². The summed E-state index contributed by atoms with van der Waals surface area (Å²) in [6.45, 7) is 10.2. The molecule has 1 fully saturated rings. The van der Waals surface area contributed by atoms with Crippen LogP contribution in [0.2, 0.25) is 0 Å². The van der Waals surface area contributed by atoms with E-state index in [-0.39, 0.29) is 35.1 Å². The van der Waals surface area contributed by atoms with Gasteiger partial charge in [-0.15, -0.1) is 11.8 Å². The van der Waals surface area contributed by atoms with Crippen LogP contribution in [0.25, 0.3) is 0 Å². The number of rotatable bonds is 4. The van der Waals surface area contributed by atoms with Crippen LogP contribution in [-0.2, 0) is 14.3 Å². The largest absolute Gasteiger partial charge is 0.459 e. The molecule has 4 unspecified atom stereocenters. The Morgan fingerprint density at radius 1 is 1.52 bits per heavy atom. The summed E-state index contributed by atoms with van der Waals surface area (Å²) in [5.74, 6) is -0.0350. The molecule has 0 aromatic rings. The minimum atomic E-state index is -0.282. The molecule has 2 rings (SSSR count). The summed E-state index contributed by atoms with van der Waals surface area (Å²) in [6, 6.07) is 0. The number of carbonyl (C=O) groups excluding carboxylic acids is 2. The highest BCUT2D eigenvalue weighted by molar-refractivity contribution is 8.01. The van der Waals surface area contributed by atoms with Gasteiger partial charge in [-0.1, -0.05) is 31.6 Å². The molecule has 4 heteroatoms. The van der Waals surface area contributed by atoms with Crippen molar-refractivity contribution in [3.63, 3.8) is 0 Å². The normalized spacial score (nSPS) is 34.0. The number of hydrogen-bond acceptors (Lipinski definition) is 4. The number of thioether (sulfide) groups is 1. The van der Waals surface area contributed by atoms with Crippen molar-refractivity contribution in [1.29, 1.82) is 0 Å². The van der Waals surface area contributed by atoms with Crippen molar-refractivity contribution < 1.29 is 14.3 Å². The number of esters is 1. The van der Waals surface area contributed by atoms with Gasteiger partial charge in [0.2, 0.25) is 0 Å². The Labute approximate surface area is 143 Å². The fourth-order valence-corrected chi connectivity index (χ4v) is 4.02. The molecule has 0 saturated heterocycles. The summed E-state index contributed by atoms with van der Waals surface area (Å²) < 4.78 is 5.67. The second kappa shape index (κ2) is 7.08. The van der Waals surface area contributed by atoms with Crippen LogP contribution in [0.3, 0.4) is 0 Å². The second-order valence-electron chi connectivity index (χ2n) is 6.93. The van der Waals surface area contributed by atoms with E-state index in [0.29, 0.717) is 0 Å². The minimum absolute atomic E-state index is 0.102. The molecule has 0 aromatic heterocycles. The Balaban J connectivity index is 2.20. The molecule has 3 nitrogen and oxygen atoms in total. The van der Waals surface area contributed by atoms with E-state index in [1.165, 1.54) is 23.4 Å². The lowest BCUT2D eigenvalue weighted by atomic mass is 9.57. The van der Waals surface area contributed by atoms with E-state index in [4.69, 9.17) is 4.74 Å². The quantitative estimate of drug-likeness (QED) is 0.437. The number of ether oxygens (including phenoxy) is 1. The molecule has 0 heterocycles. The third-order valence-corrected chi connectivity index (χ3v) is 5.89. The van der Waals surface area contributed by atoms with Gasteiger partial charge >= 0.3 is 5.97 Å². The molecule has 0 bridgehead atoms. The van der Waals surface area contributed by atoms with E-state index in [1.807, 2.05) is 19.3 Å². The fraction of sp³-hybridized carbons (Fsp3) is 0.579. The van der Waals surface area contributed by atoms with Crippen LogP contribution in [0.15, 0.2) is 35.3 Å². The predicted octanol–water partition coefficient (Wildman–Crippen LogP) is 4.30. The molecule has 126 valence electrons. The number of carbonyl (C=O) groups is 2. The first-order chi connectivity index (χ1) is 10.8. The SMILES string of the molecule is C=C(C)C1CC2(C)C(=CC1=O)CCC(OC(=O)/C=C\SC)C2C. The molecule has 0 aliphatic heterocycles. The summed E-state index contributed by atoms with van der Waals surface area (Å²) in [6.07, 6.45) is 7.48. The van der Waals surface area contributed by atoms with E-state index in [2.05, 4.69) is 20.4 Å². The number of allylic oxidation sites excluding steroid dienone is 3. The maximum atomic E-state index is 12.3. The Morgan fingerprint density at radius 2 is 2.22 bits per heavy atom. The van der Waals surface area contributed by atoms with Gasteiger partial charge in [-0.25, -0.2) is 4.79 Å². The second-order valence-corrected chi connectivity index (χ2v) is 7.68. The molecule has 4 atom stereocenters. The van der Waals surface area contributed by atoms with Gasteiger partial charge in [0.25, 0.3) is 0 Å². The van der Waals surface area contributed by atoms with E-state index < -0.39 is 0 Å². The van der Waals surface area contributed by atoms with Crippen molar-refractivity contribution in [1.82, 2.24) is 0 Å². The first-order valence-corrected chi connectivity index (χ1v) is 9.38. The van der Waals surface area contributed by atoms with Crippen molar-refractivity contribution in [3.8, 4) is 0 Å². The Hall–Kier alpha value is -1.29. The van der Waals surface area contributed by atoms with Crippen molar-refractivity contribution in [3.05, 3.63) is 35.3 Å². The van der Waals surface area contributed by atoms with Crippen molar-refractivity contribution in [2.45, 2.75) is 46.1 Å². The standard InChI is InChI=1S/C19H26O3S/c1-12(2)15-11-19(4)13(3)17(22-18(21)8-9-23-5)7-6-14(19)10-16(15)20/h8-10,13,15,17H,1,6-7,11H2,2-5H3/b9-8-. The molecule has 2 aliphatic carbocycles. The highest BCUT2D eigenvalue weighted by Gasteiger charge is 2.48. The number of fused-ring (bicyclic) bond motifs is 1. The van der Waals surface area contributed by atoms with Crippen LogP contribution in [0.5, 0.6) is 0 Å². The van der Waals surface area contributed by atoms with Gasteiger partial charge in [0, 0.05) is 17.9 Å². The average Bonchev–Trinajstić information content (AvgIpc) is 2.49. The Kier molecular flexibility index (Phi) is 5.56. The van der Waals surface area contributed by atoms with E-state index in [1.54, 1.807) is 5.41 Å².